The van der Waals surface area contributed by atoms with Crippen molar-refractivity contribution in [1.82, 2.24) is 9.55 Å². The van der Waals surface area contributed by atoms with Gasteiger partial charge in [0.15, 0.2) is 5.69 Å². The zero-order chi connectivity index (χ0) is 22.5. The number of nitrogens with two attached hydrogens (primary N) is 1. The molecular weight excluding hydrogens is 404 g/mol. The maximum atomic E-state index is 13.1. The van der Waals surface area contributed by atoms with Gasteiger partial charge in [-0.2, -0.15) is 0 Å². The van der Waals surface area contributed by atoms with E-state index in [9.17, 15) is 9.59 Å². The smallest absolute Gasteiger partial charge is 0.269 e. The Labute approximate surface area is 187 Å². The molecule has 32 heavy (non-hydrogen) atoms. The van der Waals surface area contributed by atoms with E-state index in [1.807, 2.05) is 34.9 Å². The van der Waals surface area contributed by atoms with Crippen LogP contribution in [0.25, 0.3) is 22.0 Å². The van der Waals surface area contributed by atoms with Crippen LogP contribution >= 0.6 is 0 Å². The van der Waals surface area contributed by atoms with E-state index in [0.717, 1.165) is 47.0 Å². The molecule has 0 aliphatic carbocycles. The molecule has 1 saturated heterocycles. The number of para-hydroxylation sites is 1. The molecule has 166 valence electrons. The van der Waals surface area contributed by atoms with E-state index >= 15 is 0 Å². The lowest BCUT2D eigenvalue weighted by molar-refractivity contribution is 0.0816. The zero-order valence-electron chi connectivity index (χ0n) is 18.5. The number of rotatable bonds is 4. The molecule has 4 heterocycles. The molecule has 0 atom stereocenters. The van der Waals surface area contributed by atoms with Gasteiger partial charge in [-0.3, -0.25) is 14.2 Å². The Morgan fingerprint density at radius 3 is 2.72 bits per heavy atom. The number of primary amides is 1. The van der Waals surface area contributed by atoms with E-state index in [1.54, 1.807) is 6.20 Å². The van der Waals surface area contributed by atoms with Crippen molar-refractivity contribution in [2.45, 2.75) is 45.6 Å². The predicted octanol–water partition coefficient (Wildman–Crippen LogP) is 4.01. The highest BCUT2D eigenvalue weighted by Gasteiger charge is 2.35. The van der Waals surface area contributed by atoms with Gasteiger partial charge in [-0.15, -0.1) is 0 Å². The number of fused-ring (bicyclic) bond motifs is 3. The lowest BCUT2D eigenvalue weighted by Crippen LogP contribution is -2.31. The Balaban J connectivity index is 1.68. The van der Waals surface area contributed by atoms with Crippen LogP contribution in [-0.4, -0.2) is 40.6 Å². The van der Waals surface area contributed by atoms with E-state index < -0.39 is 5.91 Å². The summed E-state index contributed by atoms with van der Waals surface area (Å²) in [5.41, 5.74) is 10.2. The van der Waals surface area contributed by atoms with E-state index in [4.69, 9.17) is 10.5 Å². The van der Waals surface area contributed by atoms with Crippen LogP contribution < -0.4 is 11.1 Å². The van der Waals surface area contributed by atoms with E-state index in [1.165, 1.54) is 0 Å². The summed E-state index contributed by atoms with van der Waals surface area (Å²) < 4.78 is 7.32. The van der Waals surface area contributed by atoms with Crippen LogP contribution in [0.15, 0.2) is 36.5 Å². The molecule has 7 nitrogen and oxygen atoms in total. The molecule has 0 saturated carbocycles. The van der Waals surface area contributed by atoms with Gasteiger partial charge in [0.25, 0.3) is 5.91 Å². The molecule has 2 aromatic heterocycles. The molecule has 1 fully saturated rings. The summed E-state index contributed by atoms with van der Waals surface area (Å²) in [6.07, 6.45) is 4.70. The lowest BCUT2D eigenvalue weighted by Gasteiger charge is -2.30. The second-order valence-corrected chi connectivity index (χ2v) is 9.60. The molecule has 5 rings (SSSR count). The summed E-state index contributed by atoms with van der Waals surface area (Å²) in [5, 5.41) is 4.48. The number of benzene rings is 1. The average Bonchev–Trinajstić information content (AvgIpc) is 3.07. The van der Waals surface area contributed by atoms with Crippen LogP contribution in [0.4, 0.5) is 5.69 Å². The fourth-order valence-electron chi connectivity index (χ4n) is 5.04. The molecule has 2 aliphatic rings. The van der Waals surface area contributed by atoms with Crippen molar-refractivity contribution in [3.05, 3.63) is 47.9 Å². The minimum atomic E-state index is -0.564. The summed E-state index contributed by atoms with van der Waals surface area (Å²) >= 11 is 0. The van der Waals surface area contributed by atoms with Gasteiger partial charge in [0.2, 0.25) is 5.91 Å². The number of anilines is 1. The van der Waals surface area contributed by atoms with Gasteiger partial charge in [-0.05, 0) is 36.8 Å². The Morgan fingerprint density at radius 1 is 1.22 bits per heavy atom. The van der Waals surface area contributed by atoms with Crippen molar-refractivity contribution in [1.29, 1.82) is 0 Å². The normalized spacial score (nSPS) is 18.5. The predicted molar refractivity (Wildman–Crippen MR) is 124 cm³/mol. The number of aromatic nitrogens is 2. The highest BCUT2D eigenvalue weighted by atomic mass is 16.5. The highest BCUT2D eigenvalue weighted by Crippen LogP contribution is 2.43. The van der Waals surface area contributed by atoms with Crippen molar-refractivity contribution < 1.29 is 14.3 Å². The first-order valence-electron chi connectivity index (χ1n) is 11.1. The third kappa shape index (κ3) is 3.56. The number of nitrogens with zero attached hydrogens (tertiary/aromatic N) is 2. The SMILES string of the molecule is CC1(C)CC(=O)n2c(c(-c3cnc(C(N)=O)c(NC4CCOCC4)c3)c3ccccc32)C1. The summed E-state index contributed by atoms with van der Waals surface area (Å²) in [4.78, 5) is 29.6. The molecule has 7 heteroatoms. The van der Waals surface area contributed by atoms with Crippen molar-refractivity contribution >= 4 is 28.4 Å². The second-order valence-electron chi connectivity index (χ2n) is 9.60. The fraction of sp³-hybridized carbons (Fsp3) is 0.400. The van der Waals surface area contributed by atoms with E-state index in [0.29, 0.717) is 25.3 Å². The van der Waals surface area contributed by atoms with Gasteiger partial charge < -0.3 is 15.8 Å². The monoisotopic (exact) mass is 432 g/mol. The third-order valence-corrected chi connectivity index (χ3v) is 6.49. The van der Waals surface area contributed by atoms with Crippen molar-refractivity contribution in [3.63, 3.8) is 0 Å². The van der Waals surface area contributed by atoms with Crippen molar-refractivity contribution in [2.24, 2.45) is 11.1 Å². The summed E-state index contributed by atoms with van der Waals surface area (Å²) in [6, 6.07) is 10.1. The Bertz CT molecular complexity index is 1220. The van der Waals surface area contributed by atoms with Gasteiger partial charge in [0.1, 0.15) is 0 Å². The molecule has 0 radical (unpaired) electrons. The quantitative estimate of drug-likeness (QED) is 0.649. The summed E-state index contributed by atoms with van der Waals surface area (Å²) in [7, 11) is 0. The van der Waals surface area contributed by atoms with Gasteiger partial charge >= 0.3 is 0 Å². The molecule has 0 unspecified atom stereocenters. The largest absolute Gasteiger partial charge is 0.381 e. The highest BCUT2D eigenvalue weighted by molar-refractivity contribution is 6.05. The Kier molecular flexibility index (Phi) is 5.01. The van der Waals surface area contributed by atoms with Gasteiger partial charge in [-0.1, -0.05) is 32.0 Å². The number of carbonyl (C=O) groups is 2. The average molecular weight is 433 g/mol. The maximum Gasteiger partial charge on any atom is 0.269 e. The number of carbonyl (C=O) groups excluding carboxylic acids is 2. The maximum absolute atomic E-state index is 13.1. The van der Waals surface area contributed by atoms with Crippen LogP contribution in [0.3, 0.4) is 0 Å². The number of hydrogen-bond donors (Lipinski definition) is 2. The van der Waals surface area contributed by atoms with Crippen molar-refractivity contribution in [2.75, 3.05) is 18.5 Å². The summed E-state index contributed by atoms with van der Waals surface area (Å²) in [6.45, 7) is 5.63. The Hall–Kier alpha value is -3.19. The topological polar surface area (TPSA) is 99.2 Å². The molecule has 3 N–H and O–H groups in total. The standard InChI is InChI=1S/C25H28N4O3/c1-25(2)12-20-22(17-5-3-4-6-19(17)29(20)21(30)13-25)15-11-18(23(24(26)31)27-14-15)28-16-7-9-32-10-8-16/h3-6,11,14,16,28H,7-10,12-13H2,1-2H3,(H2,26,31). The Morgan fingerprint density at radius 2 is 1.97 bits per heavy atom. The van der Waals surface area contributed by atoms with Gasteiger partial charge in [0, 0.05) is 54.1 Å². The molecule has 2 aliphatic heterocycles. The fourth-order valence-corrected chi connectivity index (χ4v) is 5.04. The van der Waals surface area contributed by atoms with Gasteiger partial charge in [0.05, 0.1) is 11.2 Å². The number of ether oxygens (including phenoxy) is 1. The number of nitrogens with one attached hydrogen (secondary N) is 1. The first-order valence-corrected chi connectivity index (χ1v) is 11.1. The van der Waals surface area contributed by atoms with Crippen LogP contribution in [0, 0.1) is 5.41 Å². The third-order valence-electron chi connectivity index (χ3n) is 6.49. The minimum Gasteiger partial charge on any atom is -0.381 e. The molecular formula is C25H28N4O3. The molecule has 1 amide bonds. The lowest BCUT2D eigenvalue weighted by atomic mass is 9.80. The van der Waals surface area contributed by atoms with E-state index in [2.05, 4.69) is 24.1 Å². The molecule has 3 aromatic rings. The van der Waals surface area contributed by atoms with Crippen LogP contribution in [0.2, 0.25) is 0 Å². The summed E-state index contributed by atoms with van der Waals surface area (Å²) in [5.74, 6) is -0.452. The number of hydrogen-bond acceptors (Lipinski definition) is 5. The number of amides is 1. The van der Waals surface area contributed by atoms with Crippen LogP contribution in [0.1, 0.15) is 54.1 Å². The van der Waals surface area contributed by atoms with Crippen LogP contribution in [-0.2, 0) is 11.2 Å². The first-order chi connectivity index (χ1) is 15.3. The minimum absolute atomic E-state index is 0.112. The second kappa shape index (κ2) is 7.74. The first kappa shape index (κ1) is 20.7. The zero-order valence-corrected chi connectivity index (χ0v) is 18.5. The number of pyridine rings is 1. The molecule has 0 bridgehead atoms. The van der Waals surface area contributed by atoms with Crippen LogP contribution in [0.5, 0.6) is 0 Å². The molecule has 1 aromatic carbocycles. The van der Waals surface area contributed by atoms with E-state index in [-0.39, 0.29) is 23.1 Å². The van der Waals surface area contributed by atoms with Gasteiger partial charge in [-0.25, -0.2) is 4.98 Å². The van der Waals surface area contributed by atoms with Crippen molar-refractivity contribution in [3.8, 4) is 11.1 Å². The molecule has 0 spiro atoms.